The van der Waals surface area contributed by atoms with E-state index in [1.165, 1.54) is 30.2 Å². The molecule has 0 spiro atoms. The second-order valence-corrected chi connectivity index (χ2v) is 5.31. The van der Waals surface area contributed by atoms with Gasteiger partial charge in [-0.1, -0.05) is 28.1 Å². The van der Waals surface area contributed by atoms with Gasteiger partial charge in [-0.2, -0.15) is 5.10 Å². The summed E-state index contributed by atoms with van der Waals surface area (Å²) in [4.78, 5) is 0. The Morgan fingerprint density at radius 3 is 2.89 bits per heavy atom. The van der Waals surface area contributed by atoms with Gasteiger partial charge in [0.25, 0.3) is 0 Å². The first-order valence-corrected chi connectivity index (χ1v) is 7.25. The van der Waals surface area contributed by atoms with Crippen molar-refractivity contribution in [1.29, 1.82) is 0 Å². The molecule has 0 unspecified atom stereocenters. The van der Waals surface area contributed by atoms with E-state index in [0.29, 0.717) is 12.5 Å². The Morgan fingerprint density at radius 2 is 2.22 bits per heavy atom. The molecule has 1 aliphatic carbocycles. The molecule has 4 heteroatoms. The van der Waals surface area contributed by atoms with Gasteiger partial charge in [0.2, 0.25) is 0 Å². The number of rotatable bonds is 4. The Labute approximate surface area is 114 Å². The number of halogens is 2. The molecule has 2 nitrogen and oxygen atoms in total. The summed E-state index contributed by atoms with van der Waals surface area (Å²) in [7, 11) is 0. The molecule has 0 radical (unpaired) electrons. The third-order valence-corrected chi connectivity index (χ3v) is 3.89. The molecule has 0 bridgehead atoms. The van der Waals surface area contributed by atoms with E-state index in [9.17, 15) is 4.39 Å². The zero-order chi connectivity index (χ0) is 12.5. The van der Waals surface area contributed by atoms with Crippen LogP contribution in [0.15, 0.2) is 30.5 Å². The highest BCUT2D eigenvalue weighted by Gasteiger charge is 2.29. The van der Waals surface area contributed by atoms with E-state index in [1.54, 1.807) is 12.1 Å². The lowest BCUT2D eigenvalue weighted by molar-refractivity contribution is 0.613. The lowest BCUT2D eigenvalue weighted by Gasteiger charge is -2.08. The van der Waals surface area contributed by atoms with Gasteiger partial charge < -0.3 is 0 Å². The second kappa shape index (κ2) is 4.84. The Bertz CT molecular complexity index is 561. The highest BCUT2D eigenvalue weighted by molar-refractivity contribution is 9.08. The normalized spacial score (nSPS) is 15.0. The monoisotopic (exact) mass is 308 g/mol. The maximum atomic E-state index is 13.2. The van der Waals surface area contributed by atoms with E-state index in [1.807, 2.05) is 16.9 Å². The predicted molar refractivity (Wildman–Crippen MR) is 72.3 cm³/mol. The smallest absolute Gasteiger partial charge is 0.123 e. The summed E-state index contributed by atoms with van der Waals surface area (Å²) >= 11 is 3.50. The maximum absolute atomic E-state index is 13.2. The molecular weight excluding hydrogens is 295 g/mol. The van der Waals surface area contributed by atoms with Crippen LogP contribution in [0, 0.1) is 5.82 Å². The van der Waals surface area contributed by atoms with Gasteiger partial charge in [-0.25, -0.2) is 4.39 Å². The highest BCUT2D eigenvalue weighted by atomic mass is 79.9. The lowest BCUT2D eigenvalue weighted by atomic mass is 10.2. The van der Waals surface area contributed by atoms with Crippen molar-refractivity contribution in [2.45, 2.75) is 30.6 Å². The zero-order valence-corrected chi connectivity index (χ0v) is 11.5. The molecule has 1 saturated carbocycles. The summed E-state index contributed by atoms with van der Waals surface area (Å²) in [6.07, 6.45) is 4.41. The summed E-state index contributed by atoms with van der Waals surface area (Å²) in [6.45, 7) is 0.649. The Balaban J connectivity index is 1.90. The minimum Gasteiger partial charge on any atom is -0.265 e. The molecule has 0 atom stereocenters. The third kappa shape index (κ3) is 2.34. The van der Waals surface area contributed by atoms with Crippen molar-refractivity contribution in [3.05, 3.63) is 53.1 Å². The van der Waals surface area contributed by atoms with Crippen LogP contribution in [-0.2, 0) is 11.9 Å². The summed E-state index contributed by atoms with van der Waals surface area (Å²) in [5.74, 6) is 0.460. The number of benzene rings is 1. The number of nitrogens with zero attached hydrogens (tertiary/aromatic N) is 2. The molecule has 1 aromatic carbocycles. The van der Waals surface area contributed by atoms with Crippen LogP contribution in [0.3, 0.4) is 0 Å². The molecule has 18 heavy (non-hydrogen) atoms. The topological polar surface area (TPSA) is 17.8 Å². The number of hydrogen-bond acceptors (Lipinski definition) is 1. The molecule has 1 aromatic heterocycles. The van der Waals surface area contributed by atoms with Crippen molar-refractivity contribution < 1.29 is 4.39 Å². The zero-order valence-electron chi connectivity index (χ0n) is 9.94. The Hall–Kier alpha value is -1.16. The van der Waals surface area contributed by atoms with Crippen LogP contribution >= 0.6 is 15.9 Å². The average molecular weight is 309 g/mol. The summed E-state index contributed by atoms with van der Waals surface area (Å²) < 4.78 is 15.2. The van der Waals surface area contributed by atoms with Crippen LogP contribution in [0.2, 0.25) is 0 Å². The largest absolute Gasteiger partial charge is 0.265 e. The fourth-order valence-corrected chi connectivity index (χ4v) is 2.73. The van der Waals surface area contributed by atoms with Gasteiger partial charge in [0, 0.05) is 22.5 Å². The fraction of sp³-hybridized carbons (Fsp3) is 0.357. The van der Waals surface area contributed by atoms with Crippen LogP contribution in [0.1, 0.15) is 35.6 Å². The molecule has 1 aliphatic rings. The standard InChI is InChI=1S/C14H14BrFN2/c15-7-12-8-17-18(14(12)11-4-5-11)9-10-2-1-3-13(16)6-10/h1-3,6,8,11H,4-5,7,9H2. The van der Waals surface area contributed by atoms with Crippen LogP contribution in [0.25, 0.3) is 0 Å². The summed E-state index contributed by atoms with van der Waals surface area (Å²) in [6, 6.07) is 6.73. The Morgan fingerprint density at radius 1 is 1.39 bits per heavy atom. The van der Waals surface area contributed by atoms with E-state index in [-0.39, 0.29) is 5.82 Å². The average Bonchev–Trinajstić information content (AvgIpc) is 3.11. The summed E-state index contributed by atoms with van der Waals surface area (Å²) in [5, 5.41) is 5.27. The highest BCUT2D eigenvalue weighted by Crippen LogP contribution is 2.42. The molecule has 1 heterocycles. The molecule has 94 valence electrons. The molecule has 1 fully saturated rings. The molecule has 2 aromatic rings. The van der Waals surface area contributed by atoms with E-state index in [4.69, 9.17) is 0 Å². The lowest BCUT2D eigenvalue weighted by Crippen LogP contribution is -2.06. The fourth-order valence-electron chi connectivity index (χ4n) is 2.30. The van der Waals surface area contributed by atoms with E-state index < -0.39 is 0 Å². The van der Waals surface area contributed by atoms with Crippen LogP contribution in [0.4, 0.5) is 4.39 Å². The third-order valence-electron chi connectivity index (χ3n) is 3.29. The molecule has 0 aliphatic heterocycles. The summed E-state index contributed by atoms with van der Waals surface area (Å²) in [5.41, 5.74) is 3.53. The van der Waals surface area contributed by atoms with Gasteiger partial charge in [0.05, 0.1) is 12.7 Å². The molecule has 0 amide bonds. The quantitative estimate of drug-likeness (QED) is 0.785. The number of aromatic nitrogens is 2. The number of alkyl halides is 1. The van der Waals surface area contributed by atoms with Gasteiger partial charge in [-0.3, -0.25) is 4.68 Å². The van der Waals surface area contributed by atoms with Gasteiger partial charge >= 0.3 is 0 Å². The van der Waals surface area contributed by atoms with Crippen molar-refractivity contribution in [2.75, 3.05) is 0 Å². The number of hydrogen-bond donors (Lipinski definition) is 0. The van der Waals surface area contributed by atoms with E-state index in [0.717, 1.165) is 10.9 Å². The maximum Gasteiger partial charge on any atom is 0.123 e. The van der Waals surface area contributed by atoms with Gasteiger partial charge in [-0.15, -0.1) is 0 Å². The SMILES string of the molecule is Fc1cccc(Cn2ncc(CBr)c2C2CC2)c1. The van der Waals surface area contributed by atoms with Gasteiger partial charge in [-0.05, 0) is 30.5 Å². The predicted octanol–water partition coefficient (Wildman–Crippen LogP) is 3.84. The molecule has 0 saturated heterocycles. The first-order valence-electron chi connectivity index (χ1n) is 6.13. The van der Waals surface area contributed by atoms with Crippen molar-refractivity contribution in [3.8, 4) is 0 Å². The van der Waals surface area contributed by atoms with Crippen LogP contribution < -0.4 is 0 Å². The van der Waals surface area contributed by atoms with Crippen molar-refractivity contribution in [3.63, 3.8) is 0 Å². The first-order chi connectivity index (χ1) is 8.78. The molecule has 3 rings (SSSR count). The molecular formula is C14H14BrFN2. The van der Waals surface area contributed by atoms with Gasteiger partial charge in [0.1, 0.15) is 5.82 Å². The molecule has 0 N–H and O–H groups in total. The van der Waals surface area contributed by atoms with Crippen molar-refractivity contribution in [2.24, 2.45) is 0 Å². The Kier molecular flexibility index (Phi) is 3.20. The van der Waals surface area contributed by atoms with Crippen LogP contribution in [0.5, 0.6) is 0 Å². The first kappa shape index (κ1) is 11.9. The minimum absolute atomic E-state index is 0.187. The van der Waals surface area contributed by atoms with Crippen LogP contribution in [-0.4, -0.2) is 9.78 Å². The van der Waals surface area contributed by atoms with Gasteiger partial charge in [0.15, 0.2) is 0 Å². The van der Waals surface area contributed by atoms with E-state index in [2.05, 4.69) is 21.0 Å². The minimum atomic E-state index is -0.187. The second-order valence-electron chi connectivity index (χ2n) is 4.75. The van der Waals surface area contributed by atoms with Crippen molar-refractivity contribution in [1.82, 2.24) is 9.78 Å². The van der Waals surface area contributed by atoms with Crippen molar-refractivity contribution >= 4 is 15.9 Å². The van der Waals surface area contributed by atoms with E-state index >= 15 is 0 Å².